The molecular formula is C13H26N2O2S. The van der Waals surface area contributed by atoms with Gasteiger partial charge in [0.25, 0.3) is 0 Å². The Morgan fingerprint density at radius 3 is 2.28 bits per heavy atom. The molecule has 0 bridgehead atoms. The summed E-state index contributed by atoms with van der Waals surface area (Å²) in [6.45, 7) is 10.6. The zero-order chi connectivity index (χ0) is 13.5. The van der Waals surface area contributed by atoms with Crippen LogP contribution in [0.25, 0.3) is 0 Å². The van der Waals surface area contributed by atoms with E-state index in [1.54, 1.807) is 4.31 Å². The van der Waals surface area contributed by atoms with Gasteiger partial charge in [0.05, 0.1) is 0 Å². The summed E-state index contributed by atoms with van der Waals surface area (Å²) >= 11 is 0. The first kappa shape index (κ1) is 14.3. The van der Waals surface area contributed by atoms with Crippen LogP contribution in [-0.4, -0.2) is 54.6 Å². The zero-order valence-electron chi connectivity index (χ0n) is 12.0. The van der Waals surface area contributed by atoms with E-state index in [4.69, 9.17) is 0 Å². The van der Waals surface area contributed by atoms with E-state index in [9.17, 15) is 8.42 Å². The number of sulfonamides is 1. The Morgan fingerprint density at radius 1 is 1.17 bits per heavy atom. The van der Waals surface area contributed by atoms with Gasteiger partial charge in [-0.2, -0.15) is 4.31 Å². The topological polar surface area (TPSA) is 40.6 Å². The fraction of sp³-hybridized carbons (Fsp3) is 1.00. The van der Waals surface area contributed by atoms with Crippen molar-refractivity contribution in [2.75, 3.05) is 19.6 Å². The number of hydrogen-bond acceptors (Lipinski definition) is 3. The van der Waals surface area contributed by atoms with Gasteiger partial charge in [-0.05, 0) is 39.5 Å². The fourth-order valence-corrected chi connectivity index (χ4v) is 5.13. The lowest BCUT2D eigenvalue weighted by Crippen LogP contribution is -2.61. The van der Waals surface area contributed by atoms with Crippen LogP contribution in [0, 0.1) is 5.92 Å². The summed E-state index contributed by atoms with van der Waals surface area (Å²) in [7, 11) is -3.07. The molecule has 2 saturated heterocycles. The highest BCUT2D eigenvalue weighted by Gasteiger charge is 2.43. The van der Waals surface area contributed by atoms with Gasteiger partial charge < -0.3 is 0 Å². The second-order valence-corrected chi connectivity index (χ2v) is 8.47. The van der Waals surface area contributed by atoms with E-state index in [1.165, 1.54) is 0 Å². The molecule has 0 N–H and O–H groups in total. The molecule has 0 saturated carbocycles. The highest BCUT2D eigenvalue weighted by molar-refractivity contribution is 7.89. The first-order valence-corrected chi connectivity index (χ1v) is 8.57. The van der Waals surface area contributed by atoms with Crippen molar-refractivity contribution in [2.45, 2.75) is 57.9 Å². The highest BCUT2D eigenvalue weighted by Crippen LogP contribution is 2.29. The molecule has 18 heavy (non-hydrogen) atoms. The third-order valence-electron chi connectivity index (χ3n) is 4.43. The third-order valence-corrected chi connectivity index (χ3v) is 6.77. The van der Waals surface area contributed by atoms with Crippen LogP contribution in [0.15, 0.2) is 0 Å². The van der Waals surface area contributed by atoms with Crippen molar-refractivity contribution >= 4 is 10.0 Å². The van der Waals surface area contributed by atoms with Gasteiger partial charge in [-0.15, -0.1) is 0 Å². The molecule has 106 valence electrons. The van der Waals surface area contributed by atoms with E-state index in [2.05, 4.69) is 25.7 Å². The van der Waals surface area contributed by atoms with E-state index in [0.717, 1.165) is 12.8 Å². The molecule has 0 aromatic carbocycles. The minimum Gasteiger partial charge on any atom is -0.298 e. The predicted molar refractivity (Wildman–Crippen MR) is 74.0 cm³/mol. The number of rotatable bonds is 3. The van der Waals surface area contributed by atoms with Crippen molar-refractivity contribution in [1.82, 2.24) is 9.21 Å². The van der Waals surface area contributed by atoms with Crippen LogP contribution in [0.2, 0.25) is 0 Å². The molecule has 0 spiro atoms. The summed E-state index contributed by atoms with van der Waals surface area (Å²) < 4.78 is 26.9. The van der Waals surface area contributed by atoms with Gasteiger partial charge in [0.1, 0.15) is 5.25 Å². The van der Waals surface area contributed by atoms with Crippen LogP contribution in [0.4, 0.5) is 0 Å². The lowest BCUT2D eigenvalue weighted by Gasteiger charge is -2.45. The second kappa shape index (κ2) is 5.10. The van der Waals surface area contributed by atoms with E-state index in [1.807, 2.05) is 6.92 Å². The molecule has 2 rings (SSSR count). The van der Waals surface area contributed by atoms with Gasteiger partial charge in [0.15, 0.2) is 0 Å². The number of piperidine rings is 1. The molecule has 2 heterocycles. The monoisotopic (exact) mass is 274 g/mol. The Kier molecular flexibility index (Phi) is 4.04. The summed E-state index contributed by atoms with van der Waals surface area (Å²) in [5, 5.41) is -0.171. The molecule has 0 aromatic rings. The van der Waals surface area contributed by atoms with Crippen molar-refractivity contribution in [2.24, 2.45) is 5.92 Å². The zero-order valence-corrected chi connectivity index (χ0v) is 12.8. The van der Waals surface area contributed by atoms with E-state index < -0.39 is 10.0 Å². The summed E-state index contributed by atoms with van der Waals surface area (Å²) in [5.74, 6) is 0.653. The molecule has 0 amide bonds. The molecule has 2 fully saturated rings. The van der Waals surface area contributed by atoms with Crippen LogP contribution in [0.1, 0.15) is 40.5 Å². The van der Waals surface area contributed by atoms with Crippen molar-refractivity contribution in [1.29, 1.82) is 0 Å². The highest BCUT2D eigenvalue weighted by atomic mass is 32.2. The summed E-state index contributed by atoms with van der Waals surface area (Å²) in [6, 6.07) is 0.627. The third kappa shape index (κ3) is 2.58. The van der Waals surface area contributed by atoms with Crippen LogP contribution in [0.5, 0.6) is 0 Å². The first-order valence-electron chi connectivity index (χ1n) is 7.07. The normalized spacial score (nSPS) is 32.7. The molecular weight excluding hydrogens is 248 g/mol. The SMILES string of the molecule is CC1CCN(S(=O)(=O)C2CN(C(C)C)C2)C(C)C1. The van der Waals surface area contributed by atoms with Gasteiger partial charge in [0.2, 0.25) is 10.0 Å². The van der Waals surface area contributed by atoms with E-state index in [0.29, 0.717) is 31.6 Å². The molecule has 2 aliphatic rings. The Bertz CT molecular complexity index is 388. The molecule has 2 unspecified atom stereocenters. The number of hydrogen-bond donors (Lipinski definition) is 0. The summed E-state index contributed by atoms with van der Waals surface area (Å²) in [4.78, 5) is 2.22. The molecule has 0 aromatic heterocycles. The van der Waals surface area contributed by atoms with Crippen LogP contribution in [-0.2, 0) is 10.0 Å². The molecule has 4 nitrogen and oxygen atoms in total. The Balaban J connectivity index is 2.00. The maximum atomic E-state index is 12.6. The quantitative estimate of drug-likeness (QED) is 0.783. The van der Waals surface area contributed by atoms with Crippen LogP contribution in [0.3, 0.4) is 0 Å². The molecule has 0 radical (unpaired) electrons. The Labute approximate surface area is 111 Å². The predicted octanol–water partition coefficient (Wildman–Crippen LogP) is 1.53. The van der Waals surface area contributed by atoms with Gasteiger partial charge >= 0.3 is 0 Å². The molecule has 0 aliphatic carbocycles. The smallest absolute Gasteiger partial charge is 0.219 e. The average molecular weight is 274 g/mol. The van der Waals surface area contributed by atoms with Crippen molar-refractivity contribution in [3.63, 3.8) is 0 Å². The lowest BCUT2D eigenvalue weighted by molar-refractivity contribution is 0.133. The van der Waals surface area contributed by atoms with Crippen LogP contribution >= 0.6 is 0 Å². The molecule has 2 aliphatic heterocycles. The Morgan fingerprint density at radius 2 is 1.78 bits per heavy atom. The molecule has 2 atom stereocenters. The minimum atomic E-state index is -3.07. The second-order valence-electron chi connectivity index (χ2n) is 6.30. The standard InChI is InChI=1S/C13H26N2O2S/c1-10(2)14-8-13(9-14)18(16,17)15-6-5-11(3)7-12(15)4/h10-13H,5-9H2,1-4H3. The van der Waals surface area contributed by atoms with Gasteiger partial charge in [-0.1, -0.05) is 6.92 Å². The maximum Gasteiger partial charge on any atom is 0.219 e. The largest absolute Gasteiger partial charge is 0.298 e. The van der Waals surface area contributed by atoms with E-state index in [-0.39, 0.29) is 11.3 Å². The summed E-state index contributed by atoms with van der Waals surface area (Å²) in [6.07, 6.45) is 2.00. The number of likely N-dealkylation sites (tertiary alicyclic amines) is 1. The average Bonchev–Trinajstić information content (AvgIpc) is 2.12. The summed E-state index contributed by atoms with van der Waals surface area (Å²) in [5.41, 5.74) is 0. The Hall–Kier alpha value is -0.130. The van der Waals surface area contributed by atoms with Crippen LogP contribution < -0.4 is 0 Å². The van der Waals surface area contributed by atoms with Crippen molar-refractivity contribution in [3.05, 3.63) is 0 Å². The molecule has 5 heteroatoms. The van der Waals surface area contributed by atoms with Gasteiger partial charge in [0, 0.05) is 31.7 Å². The number of nitrogens with zero attached hydrogens (tertiary/aromatic N) is 2. The van der Waals surface area contributed by atoms with Gasteiger partial charge in [-0.3, -0.25) is 4.90 Å². The van der Waals surface area contributed by atoms with Crippen molar-refractivity contribution < 1.29 is 8.42 Å². The lowest BCUT2D eigenvalue weighted by atomic mass is 9.95. The van der Waals surface area contributed by atoms with Crippen molar-refractivity contribution in [3.8, 4) is 0 Å². The maximum absolute atomic E-state index is 12.6. The first-order chi connectivity index (χ1) is 8.32. The minimum absolute atomic E-state index is 0.171. The fourth-order valence-electron chi connectivity index (χ4n) is 3.03. The van der Waals surface area contributed by atoms with Gasteiger partial charge in [-0.25, -0.2) is 8.42 Å². The van der Waals surface area contributed by atoms with E-state index >= 15 is 0 Å².